The summed E-state index contributed by atoms with van der Waals surface area (Å²) >= 11 is 0. The number of nitrogens with zero attached hydrogens (tertiary/aromatic N) is 3. The van der Waals surface area contributed by atoms with Crippen molar-refractivity contribution in [3.05, 3.63) is 34.4 Å². The Bertz CT molecular complexity index is 509. The molecule has 2 aliphatic heterocycles. The van der Waals surface area contributed by atoms with Crippen molar-refractivity contribution in [3.63, 3.8) is 0 Å². The third-order valence-electron chi connectivity index (χ3n) is 4.58. The van der Waals surface area contributed by atoms with Crippen LogP contribution in [0.5, 0.6) is 0 Å². The maximum atomic E-state index is 10.8. The molecule has 1 aromatic rings. The Labute approximate surface area is 137 Å². The van der Waals surface area contributed by atoms with Crippen molar-refractivity contribution < 1.29 is 4.92 Å². The van der Waals surface area contributed by atoms with Crippen LogP contribution in [-0.4, -0.2) is 54.1 Å². The molecule has 0 aliphatic carbocycles. The second-order valence-corrected chi connectivity index (χ2v) is 6.14. The molecule has 2 aliphatic rings. The van der Waals surface area contributed by atoms with Gasteiger partial charge in [0.15, 0.2) is 0 Å². The summed E-state index contributed by atoms with van der Waals surface area (Å²) in [6.45, 7) is 8.75. The van der Waals surface area contributed by atoms with Gasteiger partial charge in [0.25, 0.3) is 5.69 Å². The van der Waals surface area contributed by atoms with E-state index in [-0.39, 0.29) is 23.0 Å². The number of nitrogens with one attached hydrogen (secondary N) is 1. The molecule has 2 saturated heterocycles. The van der Waals surface area contributed by atoms with E-state index in [0.717, 1.165) is 31.9 Å². The van der Waals surface area contributed by atoms with E-state index in [2.05, 4.69) is 29.0 Å². The van der Waals surface area contributed by atoms with E-state index in [1.807, 2.05) is 12.1 Å². The number of rotatable bonds is 3. The number of piperazine rings is 1. The fourth-order valence-corrected chi connectivity index (χ4v) is 3.45. The van der Waals surface area contributed by atoms with Crippen molar-refractivity contribution in [1.82, 2.24) is 10.2 Å². The topological polar surface area (TPSA) is 61.6 Å². The molecule has 0 bridgehead atoms. The maximum absolute atomic E-state index is 10.8. The lowest BCUT2D eigenvalue weighted by Gasteiger charge is -2.50. The van der Waals surface area contributed by atoms with Gasteiger partial charge in [0, 0.05) is 62.1 Å². The van der Waals surface area contributed by atoms with Crippen LogP contribution in [0, 0.1) is 10.1 Å². The number of hydrogen-bond donors (Lipinski definition) is 1. The standard InChI is InChI=1S/C15H22N4O2.ClH/c1-11-9-17(15-7-16-8-15)10-12(2)18(11)13-3-5-14(6-4-13)19(20)21;/h3-6,11-12,15-16H,7-10H2,1-2H3;1H/t11-,12-;/m0./s1. The minimum atomic E-state index is -0.349. The quantitative estimate of drug-likeness (QED) is 0.679. The first-order valence-electron chi connectivity index (χ1n) is 7.54. The molecule has 22 heavy (non-hydrogen) atoms. The van der Waals surface area contributed by atoms with Crippen molar-refractivity contribution in [2.24, 2.45) is 0 Å². The van der Waals surface area contributed by atoms with Crippen LogP contribution in [0.15, 0.2) is 24.3 Å². The summed E-state index contributed by atoms with van der Waals surface area (Å²) in [5, 5.41) is 14.1. The van der Waals surface area contributed by atoms with E-state index in [1.54, 1.807) is 12.1 Å². The Balaban J connectivity index is 0.00000176. The predicted molar refractivity (Wildman–Crippen MR) is 90.0 cm³/mol. The molecule has 2 atom stereocenters. The Morgan fingerprint density at radius 2 is 1.68 bits per heavy atom. The van der Waals surface area contributed by atoms with E-state index in [1.165, 1.54) is 0 Å². The summed E-state index contributed by atoms with van der Waals surface area (Å²) in [7, 11) is 0. The largest absolute Gasteiger partial charge is 0.364 e. The summed E-state index contributed by atoms with van der Waals surface area (Å²) in [4.78, 5) is 15.3. The van der Waals surface area contributed by atoms with Gasteiger partial charge in [-0.2, -0.15) is 0 Å². The first kappa shape index (κ1) is 17.0. The van der Waals surface area contributed by atoms with Crippen molar-refractivity contribution in [2.45, 2.75) is 32.0 Å². The molecular formula is C15H23ClN4O2. The first-order chi connectivity index (χ1) is 10.1. The van der Waals surface area contributed by atoms with E-state index >= 15 is 0 Å². The number of non-ortho nitro benzene ring substituents is 1. The molecule has 7 heteroatoms. The molecule has 0 spiro atoms. The third-order valence-corrected chi connectivity index (χ3v) is 4.58. The van der Waals surface area contributed by atoms with Crippen LogP contribution >= 0.6 is 12.4 Å². The van der Waals surface area contributed by atoms with Gasteiger partial charge in [-0.25, -0.2) is 0 Å². The molecule has 0 radical (unpaired) electrons. The second kappa shape index (κ2) is 6.81. The number of benzene rings is 1. The zero-order valence-corrected chi connectivity index (χ0v) is 13.8. The van der Waals surface area contributed by atoms with Crippen molar-refractivity contribution >= 4 is 23.8 Å². The minimum absolute atomic E-state index is 0. The average molecular weight is 327 g/mol. The molecule has 0 unspecified atom stereocenters. The summed E-state index contributed by atoms with van der Waals surface area (Å²) in [5.74, 6) is 0. The molecule has 3 rings (SSSR count). The summed E-state index contributed by atoms with van der Waals surface area (Å²) in [6, 6.07) is 8.42. The van der Waals surface area contributed by atoms with Crippen LogP contribution < -0.4 is 10.2 Å². The Hall–Kier alpha value is -1.37. The monoisotopic (exact) mass is 326 g/mol. The van der Waals surface area contributed by atoms with Gasteiger partial charge < -0.3 is 10.2 Å². The minimum Gasteiger partial charge on any atom is -0.364 e. The zero-order valence-electron chi connectivity index (χ0n) is 12.9. The summed E-state index contributed by atoms with van der Waals surface area (Å²) in [5.41, 5.74) is 1.23. The highest BCUT2D eigenvalue weighted by molar-refractivity contribution is 5.85. The lowest BCUT2D eigenvalue weighted by molar-refractivity contribution is -0.384. The maximum Gasteiger partial charge on any atom is 0.269 e. The first-order valence-corrected chi connectivity index (χ1v) is 7.54. The van der Waals surface area contributed by atoms with Crippen LogP contribution in [0.1, 0.15) is 13.8 Å². The lowest BCUT2D eigenvalue weighted by atomic mass is 10.0. The van der Waals surface area contributed by atoms with Gasteiger partial charge in [-0.15, -0.1) is 12.4 Å². The average Bonchev–Trinajstić information content (AvgIpc) is 2.36. The number of halogens is 1. The van der Waals surface area contributed by atoms with Crippen molar-refractivity contribution in [2.75, 3.05) is 31.1 Å². The normalized spacial score (nSPS) is 26.2. The number of nitro groups is 1. The molecule has 122 valence electrons. The fraction of sp³-hybridized carbons (Fsp3) is 0.600. The molecule has 0 amide bonds. The Morgan fingerprint density at radius 3 is 2.09 bits per heavy atom. The SMILES string of the molecule is C[C@H]1CN(C2CNC2)C[C@H](C)N1c1ccc([N+](=O)[O-])cc1.Cl. The molecule has 0 aromatic heterocycles. The molecule has 1 aromatic carbocycles. The smallest absolute Gasteiger partial charge is 0.269 e. The van der Waals surface area contributed by atoms with Gasteiger partial charge in [0.1, 0.15) is 0 Å². The Morgan fingerprint density at radius 1 is 1.14 bits per heavy atom. The van der Waals surface area contributed by atoms with E-state index in [4.69, 9.17) is 0 Å². The number of nitro benzene ring substituents is 1. The highest BCUT2D eigenvalue weighted by Crippen LogP contribution is 2.27. The van der Waals surface area contributed by atoms with Crippen LogP contribution in [0.3, 0.4) is 0 Å². The highest BCUT2D eigenvalue weighted by atomic mass is 35.5. The number of hydrogen-bond acceptors (Lipinski definition) is 5. The van der Waals surface area contributed by atoms with Gasteiger partial charge in [0.2, 0.25) is 0 Å². The molecule has 6 nitrogen and oxygen atoms in total. The predicted octanol–water partition coefficient (Wildman–Crippen LogP) is 1.89. The van der Waals surface area contributed by atoms with Crippen LogP contribution in [-0.2, 0) is 0 Å². The zero-order chi connectivity index (χ0) is 15.0. The highest BCUT2D eigenvalue weighted by Gasteiger charge is 2.34. The second-order valence-electron chi connectivity index (χ2n) is 6.14. The van der Waals surface area contributed by atoms with Gasteiger partial charge >= 0.3 is 0 Å². The summed E-state index contributed by atoms with van der Waals surface area (Å²) in [6.07, 6.45) is 0. The van der Waals surface area contributed by atoms with Gasteiger partial charge in [-0.1, -0.05) is 0 Å². The van der Waals surface area contributed by atoms with Crippen LogP contribution in [0.4, 0.5) is 11.4 Å². The van der Waals surface area contributed by atoms with Gasteiger partial charge in [-0.05, 0) is 26.0 Å². The fourth-order valence-electron chi connectivity index (χ4n) is 3.45. The van der Waals surface area contributed by atoms with Crippen LogP contribution in [0.25, 0.3) is 0 Å². The van der Waals surface area contributed by atoms with Crippen molar-refractivity contribution in [1.29, 1.82) is 0 Å². The molecule has 0 saturated carbocycles. The van der Waals surface area contributed by atoms with Gasteiger partial charge in [0.05, 0.1) is 4.92 Å². The van der Waals surface area contributed by atoms with Crippen molar-refractivity contribution in [3.8, 4) is 0 Å². The van der Waals surface area contributed by atoms with Gasteiger partial charge in [-0.3, -0.25) is 15.0 Å². The molecule has 2 fully saturated rings. The summed E-state index contributed by atoms with van der Waals surface area (Å²) < 4.78 is 0. The van der Waals surface area contributed by atoms with E-state index < -0.39 is 0 Å². The third kappa shape index (κ3) is 3.19. The molecular weight excluding hydrogens is 304 g/mol. The molecule has 2 heterocycles. The van der Waals surface area contributed by atoms with E-state index in [0.29, 0.717) is 18.1 Å². The Kier molecular flexibility index (Phi) is 5.26. The van der Waals surface area contributed by atoms with E-state index in [9.17, 15) is 10.1 Å². The molecule has 1 N–H and O–H groups in total. The number of anilines is 1. The van der Waals surface area contributed by atoms with Crippen LogP contribution in [0.2, 0.25) is 0 Å². The lowest BCUT2D eigenvalue weighted by Crippen LogP contribution is -2.65.